The Kier molecular flexibility index (Phi) is 3.75. The lowest BCUT2D eigenvalue weighted by Crippen LogP contribution is -2.36. The summed E-state index contributed by atoms with van der Waals surface area (Å²) in [4.78, 5) is 13.0. The summed E-state index contributed by atoms with van der Waals surface area (Å²) in [6.07, 6.45) is 1.48. The van der Waals surface area contributed by atoms with Crippen LogP contribution in [0.25, 0.3) is 0 Å². The molecule has 18 heavy (non-hydrogen) atoms. The molecule has 1 aliphatic heterocycles. The second-order valence-corrected chi connectivity index (χ2v) is 4.67. The van der Waals surface area contributed by atoms with Crippen LogP contribution < -0.4 is 4.74 Å². The van der Waals surface area contributed by atoms with Gasteiger partial charge in [0, 0.05) is 19.5 Å². The van der Waals surface area contributed by atoms with Crippen LogP contribution >= 0.6 is 0 Å². The van der Waals surface area contributed by atoms with Gasteiger partial charge in [0.2, 0.25) is 0 Å². The first kappa shape index (κ1) is 12.7. The molecule has 1 atom stereocenters. The minimum Gasteiger partial charge on any atom is -0.493 e. The predicted molar refractivity (Wildman–Crippen MR) is 69.0 cm³/mol. The van der Waals surface area contributed by atoms with Crippen LogP contribution in [-0.2, 0) is 17.6 Å². The van der Waals surface area contributed by atoms with Crippen molar-refractivity contribution < 1.29 is 14.3 Å². The number of methoxy groups -OCH3 is 1. The molecule has 0 radical (unpaired) electrons. The van der Waals surface area contributed by atoms with Crippen LogP contribution in [-0.4, -0.2) is 37.8 Å². The van der Waals surface area contributed by atoms with Gasteiger partial charge in [-0.05, 0) is 30.5 Å². The Bertz CT molecular complexity index is 445. The first-order valence-electron chi connectivity index (χ1n) is 6.17. The van der Waals surface area contributed by atoms with E-state index in [0.717, 1.165) is 25.2 Å². The summed E-state index contributed by atoms with van der Waals surface area (Å²) >= 11 is 0. The van der Waals surface area contributed by atoms with E-state index in [1.807, 2.05) is 6.92 Å². The Morgan fingerprint density at radius 3 is 3.06 bits per heavy atom. The molecule has 0 fully saturated rings. The van der Waals surface area contributed by atoms with Crippen LogP contribution in [0.15, 0.2) is 18.2 Å². The second kappa shape index (κ2) is 5.29. The third-order valence-electron chi connectivity index (χ3n) is 3.42. The summed E-state index contributed by atoms with van der Waals surface area (Å²) < 4.78 is 10.3. The summed E-state index contributed by atoms with van der Waals surface area (Å²) in [6.45, 7) is 2.78. The van der Waals surface area contributed by atoms with Crippen molar-refractivity contribution in [1.29, 1.82) is 0 Å². The summed E-state index contributed by atoms with van der Waals surface area (Å²) in [5.74, 6) is 0.987. The highest BCUT2D eigenvalue weighted by Crippen LogP contribution is 2.26. The van der Waals surface area contributed by atoms with Crippen molar-refractivity contribution in [3.63, 3.8) is 0 Å². The molecule has 0 bridgehead atoms. The number of fused-ring (bicyclic) bond motifs is 1. The lowest BCUT2D eigenvalue weighted by Gasteiger charge is -2.23. The standard InChI is InChI=1S/C14H19NO3/c1-10(15(2)14(16)17-3)8-11-4-5-12-6-7-18-13(12)9-11/h4-5,9-10H,6-8H2,1-3H3. The topological polar surface area (TPSA) is 38.8 Å². The Balaban J connectivity index is 2.03. The molecule has 4 heteroatoms. The minimum absolute atomic E-state index is 0.0944. The molecule has 1 heterocycles. The van der Waals surface area contributed by atoms with E-state index in [-0.39, 0.29) is 12.1 Å². The molecule has 1 aromatic carbocycles. The van der Waals surface area contributed by atoms with Crippen LogP contribution in [0.3, 0.4) is 0 Å². The van der Waals surface area contributed by atoms with Crippen LogP contribution in [0.1, 0.15) is 18.1 Å². The lowest BCUT2D eigenvalue weighted by atomic mass is 10.0. The van der Waals surface area contributed by atoms with Crippen molar-refractivity contribution in [3.8, 4) is 5.75 Å². The number of rotatable bonds is 3. The molecule has 0 spiro atoms. The van der Waals surface area contributed by atoms with Crippen molar-refractivity contribution in [2.24, 2.45) is 0 Å². The molecule has 0 aromatic heterocycles. The average molecular weight is 249 g/mol. The van der Waals surface area contributed by atoms with Gasteiger partial charge in [-0.1, -0.05) is 12.1 Å². The van der Waals surface area contributed by atoms with Gasteiger partial charge in [-0.15, -0.1) is 0 Å². The molecule has 1 amide bonds. The maximum absolute atomic E-state index is 11.4. The molecular weight excluding hydrogens is 230 g/mol. The monoisotopic (exact) mass is 249 g/mol. The normalized spacial score (nSPS) is 14.6. The Hall–Kier alpha value is -1.71. The smallest absolute Gasteiger partial charge is 0.409 e. The largest absolute Gasteiger partial charge is 0.493 e. The van der Waals surface area contributed by atoms with Gasteiger partial charge in [0.25, 0.3) is 0 Å². The Morgan fingerprint density at radius 1 is 1.56 bits per heavy atom. The fourth-order valence-electron chi connectivity index (χ4n) is 2.14. The Labute approximate surface area is 107 Å². The number of hydrogen-bond acceptors (Lipinski definition) is 3. The number of ether oxygens (including phenoxy) is 2. The minimum atomic E-state index is -0.306. The van der Waals surface area contributed by atoms with Gasteiger partial charge in [0.05, 0.1) is 13.7 Å². The third-order valence-corrected chi connectivity index (χ3v) is 3.42. The zero-order chi connectivity index (χ0) is 13.1. The van der Waals surface area contributed by atoms with E-state index in [9.17, 15) is 4.79 Å². The highest BCUT2D eigenvalue weighted by molar-refractivity contribution is 5.67. The van der Waals surface area contributed by atoms with E-state index >= 15 is 0 Å². The van der Waals surface area contributed by atoms with E-state index in [4.69, 9.17) is 9.47 Å². The van der Waals surface area contributed by atoms with Gasteiger partial charge in [-0.3, -0.25) is 0 Å². The first-order valence-corrected chi connectivity index (χ1v) is 6.17. The zero-order valence-corrected chi connectivity index (χ0v) is 11.1. The molecule has 0 aliphatic carbocycles. The number of likely N-dealkylation sites (N-methyl/N-ethyl adjacent to an activating group) is 1. The maximum Gasteiger partial charge on any atom is 0.409 e. The molecule has 0 N–H and O–H groups in total. The number of nitrogens with zero attached hydrogens (tertiary/aromatic N) is 1. The van der Waals surface area contributed by atoms with Crippen molar-refractivity contribution >= 4 is 6.09 Å². The van der Waals surface area contributed by atoms with Gasteiger partial charge >= 0.3 is 6.09 Å². The fraction of sp³-hybridized carbons (Fsp3) is 0.500. The summed E-state index contributed by atoms with van der Waals surface area (Å²) in [5, 5.41) is 0. The second-order valence-electron chi connectivity index (χ2n) is 4.67. The van der Waals surface area contributed by atoms with Gasteiger partial charge in [0.15, 0.2) is 0 Å². The van der Waals surface area contributed by atoms with Crippen molar-refractivity contribution in [1.82, 2.24) is 4.90 Å². The van der Waals surface area contributed by atoms with E-state index in [2.05, 4.69) is 18.2 Å². The molecule has 98 valence electrons. The van der Waals surface area contributed by atoms with Crippen LogP contribution in [0.5, 0.6) is 5.75 Å². The van der Waals surface area contributed by atoms with E-state index in [0.29, 0.717) is 0 Å². The van der Waals surface area contributed by atoms with Crippen LogP contribution in [0.4, 0.5) is 4.79 Å². The molecule has 0 saturated carbocycles. The van der Waals surface area contributed by atoms with E-state index in [1.54, 1.807) is 11.9 Å². The highest BCUT2D eigenvalue weighted by atomic mass is 16.5. The van der Waals surface area contributed by atoms with Crippen molar-refractivity contribution in [3.05, 3.63) is 29.3 Å². The average Bonchev–Trinajstić information content (AvgIpc) is 2.84. The summed E-state index contributed by atoms with van der Waals surface area (Å²) in [5.41, 5.74) is 2.45. The summed E-state index contributed by atoms with van der Waals surface area (Å²) in [6, 6.07) is 6.39. The molecule has 1 aliphatic rings. The molecule has 1 aromatic rings. The lowest BCUT2D eigenvalue weighted by molar-refractivity contribution is 0.120. The molecule has 2 rings (SSSR count). The van der Waals surface area contributed by atoms with Gasteiger partial charge < -0.3 is 14.4 Å². The molecule has 4 nitrogen and oxygen atoms in total. The molecule has 1 unspecified atom stereocenters. The molecule has 0 saturated heterocycles. The summed E-state index contributed by atoms with van der Waals surface area (Å²) in [7, 11) is 3.15. The van der Waals surface area contributed by atoms with Crippen LogP contribution in [0.2, 0.25) is 0 Å². The maximum atomic E-state index is 11.4. The quantitative estimate of drug-likeness (QED) is 0.824. The number of carbonyl (C=O) groups is 1. The van der Waals surface area contributed by atoms with Gasteiger partial charge in [-0.25, -0.2) is 4.79 Å². The van der Waals surface area contributed by atoms with Crippen molar-refractivity contribution in [2.75, 3.05) is 20.8 Å². The van der Waals surface area contributed by atoms with Gasteiger partial charge in [-0.2, -0.15) is 0 Å². The third kappa shape index (κ3) is 2.58. The molecular formula is C14H19NO3. The zero-order valence-electron chi connectivity index (χ0n) is 11.1. The number of benzene rings is 1. The highest BCUT2D eigenvalue weighted by Gasteiger charge is 2.18. The SMILES string of the molecule is COC(=O)N(C)C(C)Cc1ccc2c(c1)OCC2. The van der Waals surface area contributed by atoms with E-state index in [1.165, 1.54) is 18.2 Å². The fourth-order valence-corrected chi connectivity index (χ4v) is 2.14. The number of hydrogen-bond donors (Lipinski definition) is 0. The Morgan fingerprint density at radius 2 is 2.33 bits per heavy atom. The predicted octanol–water partition coefficient (Wildman–Crippen LogP) is 2.25. The van der Waals surface area contributed by atoms with E-state index < -0.39 is 0 Å². The van der Waals surface area contributed by atoms with Crippen LogP contribution in [0, 0.1) is 0 Å². The first-order chi connectivity index (χ1) is 8.61. The van der Waals surface area contributed by atoms with Gasteiger partial charge in [0.1, 0.15) is 5.75 Å². The number of carbonyl (C=O) groups excluding carboxylic acids is 1. The number of amides is 1. The van der Waals surface area contributed by atoms with Crippen molar-refractivity contribution in [2.45, 2.75) is 25.8 Å².